The first-order valence-electron chi connectivity index (χ1n) is 9.76. The van der Waals surface area contributed by atoms with Crippen molar-refractivity contribution in [2.24, 2.45) is 0 Å². The van der Waals surface area contributed by atoms with Crippen LogP contribution in [-0.2, 0) is 19.1 Å². The molecule has 0 aliphatic carbocycles. The van der Waals surface area contributed by atoms with Crippen LogP contribution in [-0.4, -0.2) is 40.7 Å². The van der Waals surface area contributed by atoms with Gasteiger partial charge >= 0.3 is 5.97 Å². The van der Waals surface area contributed by atoms with Crippen LogP contribution in [0.15, 0.2) is 0 Å². The summed E-state index contributed by atoms with van der Waals surface area (Å²) in [6.07, 6.45) is 11.7. The van der Waals surface area contributed by atoms with Crippen LogP contribution in [0.2, 0.25) is 0 Å². The molecule has 1 atom stereocenters. The fourth-order valence-electron chi connectivity index (χ4n) is 3.50. The fourth-order valence-corrected chi connectivity index (χ4v) is 3.50. The van der Waals surface area contributed by atoms with Crippen LogP contribution in [0.3, 0.4) is 0 Å². The molecule has 1 heterocycles. The summed E-state index contributed by atoms with van der Waals surface area (Å²) in [5.74, 6) is -0.490. The molecule has 1 aliphatic heterocycles. The highest BCUT2D eigenvalue weighted by Crippen LogP contribution is 2.32. The van der Waals surface area contributed by atoms with Crippen molar-refractivity contribution in [3.63, 3.8) is 0 Å². The Morgan fingerprint density at radius 1 is 1.04 bits per heavy atom. The van der Waals surface area contributed by atoms with E-state index in [0.29, 0.717) is 12.8 Å². The summed E-state index contributed by atoms with van der Waals surface area (Å²) in [5.41, 5.74) is -2.16. The Hall–Kier alpha value is -1.39. The molecule has 1 unspecified atom stereocenters. The largest absolute Gasteiger partial charge is 0.461 e. The first-order valence-corrected chi connectivity index (χ1v) is 9.76. The van der Waals surface area contributed by atoms with E-state index in [1.807, 2.05) is 0 Å². The van der Waals surface area contributed by atoms with Gasteiger partial charge in [0.25, 0.3) is 0 Å². The maximum absolute atomic E-state index is 12.7. The number of carbonyl (C=O) groups excluding carboxylic acids is 3. The minimum absolute atomic E-state index is 0.0249. The number of hydrogen-bond donors (Lipinski definition) is 0. The third-order valence-electron chi connectivity index (χ3n) is 5.33. The van der Waals surface area contributed by atoms with E-state index in [1.165, 1.54) is 43.4 Å². The molecule has 1 rings (SSSR count). The zero-order chi connectivity index (χ0) is 18.9. The van der Waals surface area contributed by atoms with Gasteiger partial charge in [-0.3, -0.25) is 9.59 Å². The van der Waals surface area contributed by atoms with E-state index in [-0.39, 0.29) is 12.4 Å². The molecule has 1 aliphatic rings. The molecule has 0 bridgehead atoms. The van der Waals surface area contributed by atoms with Gasteiger partial charge in [0.1, 0.15) is 17.7 Å². The van der Waals surface area contributed by atoms with Crippen molar-refractivity contribution in [3.05, 3.63) is 0 Å². The van der Waals surface area contributed by atoms with Crippen molar-refractivity contribution in [2.75, 3.05) is 6.61 Å². The summed E-state index contributed by atoms with van der Waals surface area (Å²) < 4.78 is 5.19. The summed E-state index contributed by atoms with van der Waals surface area (Å²) >= 11 is 0. The van der Waals surface area contributed by atoms with Gasteiger partial charge in [-0.15, -0.1) is 0 Å². The number of esters is 1. The van der Waals surface area contributed by atoms with Gasteiger partial charge in [-0.1, -0.05) is 58.3 Å². The van der Waals surface area contributed by atoms with E-state index < -0.39 is 17.0 Å². The van der Waals surface area contributed by atoms with Gasteiger partial charge in [-0.2, -0.15) is 0 Å². The Bertz CT molecular complexity index is 461. The number of unbranched alkanes of at least 4 members (excludes halogenated alkanes) is 8. The van der Waals surface area contributed by atoms with Crippen LogP contribution >= 0.6 is 0 Å². The third kappa shape index (κ3) is 5.55. The quantitative estimate of drug-likeness (QED) is 0.302. The average Bonchev–Trinajstić information content (AvgIpc) is 2.57. The Balaban J connectivity index is 2.38. The van der Waals surface area contributed by atoms with Crippen molar-refractivity contribution in [1.29, 1.82) is 0 Å². The zero-order valence-electron chi connectivity index (χ0n) is 16.4. The Morgan fingerprint density at radius 3 is 2.08 bits per heavy atom. The molecule has 0 aromatic carbocycles. The van der Waals surface area contributed by atoms with Crippen LogP contribution in [0.5, 0.6) is 0 Å². The second-order valence-electron chi connectivity index (χ2n) is 7.89. The molecule has 5 nitrogen and oxygen atoms in total. The van der Waals surface area contributed by atoms with Crippen LogP contribution in [0.1, 0.15) is 91.9 Å². The second kappa shape index (κ2) is 9.93. The van der Waals surface area contributed by atoms with Crippen LogP contribution < -0.4 is 0 Å². The minimum Gasteiger partial charge on any atom is -0.461 e. The number of cyclic esters (lactones) is 1. The highest BCUT2D eigenvalue weighted by atomic mass is 16.5. The van der Waals surface area contributed by atoms with Crippen molar-refractivity contribution in [2.45, 2.75) is 103 Å². The number of Topliss-reactive ketones (excluding diaryl/α,β-unsaturated/α-hetero) is 1. The number of ether oxygens (including phenoxy) is 1. The van der Waals surface area contributed by atoms with E-state index in [4.69, 9.17) is 4.74 Å². The highest BCUT2D eigenvalue weighted by molar-refractivity contribution is 5.94. The number of nitrogens with zero attached hydrogens (tertiary/aromatic N) is 1. The lowest BCUT2D eigenvalue weighted by molar-refractivity contribution is -0.186. The van der Waals surface area contributed by atoms with Crippen molar-refractivity contribution >= 4 is 18.2 Å². The van der Waals surface area contributed by atoms with E-state index >= 15 is 0 Å². The first kappa shape index (κ1) is 21.7. The number of ketones is 1. The van der Waals surface area contributed by atoms with Crippen molar-refractivity contribution < 1.29 is 19.1 Å². The Labute approximate surface area is 152 Å². The minimum atomic E-state index is -1.11. The van der Waals surface area contributed by atoms with Gasteiger partial charge in [0, 0.05) is 6.42 Å². The van der Waals surface area contributed by atoms with Crippen LogP contribution in [0.25, 0.3) is 0 Å². The molecule has 1 saturated heterocycles. The van der Waals surface area contributed by atoms with E-state index in [0.717, 1.165) is 19.3 Å². The van der Waals surface area contributed by atoms with E-state index in [1.54, 1.807) is 20.8 Å². The highest BCUT2D eigenvalue weighted by Gasteiger charge is 2.53. The SMILES string of the molecule is CCCCCCCCCCCC(=O)C1(C)COC(=O)C(C)(C)N1C=O. The standard InChI is InChI=1S/C20H35NO4/c1-5-6-7-8-9-10-11-12-13-14-17(23)20(4)15-25-18(24)19(2,3)21(20)16-22/h16H,5-15H2,1-4H3. The zero-order valence-corrected chi connectivity index (χ0v) is 16.4. The average molecular weight is 354 g/mol. The topological polar surface area (TPSA) is 63.7 Å². The maximum Gasteiger partial charge on any atom is 0.331 e. The summed E-state index contributed by atoms with van der Waals surface area (Å²) in [5, 5.41) is 0. The molecule has 1 amide bonds. The number of rotatable bonds is 12. The number of carbonyl (C=O) groups is 3. The Kier molecular flexibility index (Phi) is 8.60. The summed E-state index contributed by atoms with van der Waals surface area (Å²) in [7, 11) is 0. The van der Waals surface area contributed by atoms with E-state index in [9.17, 15) is 14.4 Å². The number of morpholine rings is 1. The third-order valence-corrected chi connectivity index (χ3v) is 5.33. The molecule has 0 spiro atoms. The fraction of sp³-hybridized carbons (Fsp3) is 0.850. The van der Waals surface area contributed by atoms with Crippen molar-refractivity contribution in [3.8, 4) is 0 Å². The summed E-state index contributed by atoms with van der Waals surface area (Å²) in [6, 6.07) is 0. The smallest absolute Gasteiger partial charge is 0.331 e. The van der Waals surface area contributed by atoms with Gasteiger partial charge in [-0.05, 0) is 27.2 Å². The van der Waals surface area contributed by atoms with E-state index in [2.05, 4.69) is 6.92 Å². The van der Waals surface area contributed by atoms with Gasteiger partial charge in [0.15, 0.2) is 5.78 Å². The number of hydrogen-bond acceptors (Lipinski definition) is 4. The molecule has 0 N–H and O–H groups in total. The molecule has 0 saturated carbocycles. The molecular formula is C20H35NO4. The van der Waals surface area contributed by atoms with Gasteiger partial charge in [0.2, 0.25) is 6.41 Å². The van der Waals surface area contributed by atoms with Gasteiger partial charge in [0.05, 0.1) is 0 Å². The summed E-state index contributed by atoms with van der Waals surface area (Å²) in [6.45, 7) is 7.10. The predicted octanol–water partition coefficient (Wildman–Crippen LogP) is 4.03. The van der Waals surface area contributed by atoms with Crippen molar-refractivity contribution in [1.82, 2.24) is 4.90 Å². The monoisotopic (exact) mass is 353 g/mol. The molecular weight excluding hydrogens is 318 g/mol. The van der Waals surface area contributed by atoms with Crippen LogP contribution in [0.4, 0.5) is 0 Å². The Morgan fingerprint density at radius 2 is 1.56 bits per heavy atom. The molecule has 0 radical (unpaired) electrons. The summed E-state index contributed by atoms with van der Waals surface area (Å²) in [4.78, 5) is 37.5. The molecule has 0 aromatic rings. The second-order valence-corrected chi connectivity index (χ2v) is 7.89. The molecule has 1 fully saturated rings. The van der Waals surface area contributed by atoms with Crippen LogP contribution in [0, 0.1) is 0 Å². The normalized spacial score (nSPS) is 22.6. The lowest BCUT2D eigenvalue weighted by Gasteiger charge is -2.49. The lowest BCUT2D eigenvalue weighted by atomic mass is 9.85. The molecule has 0 aromatic heterocycles. The molecule has 25 heavy (non-hydrogen) atoms. The molecule has 144 valence electrons. The maximum atomic E-state index is 12.7. The van der Waals surface area contributed by atoms with Gasteiger partial charge < -0.3 is 9.64 Å². The first-order chi connectivity index (χ1) is 11.8. The number of amides is 1. The predicted molar refractivity (Wildman–Crippen MR) is 98.2 cm³/mol. The molecule has 5 heteroatoms. The van der Waals surface area contributed by atoms with Gasteiger partial charge in [-0.25, -0.2) is 4.79 Å². The lowest BCUT2D eigenvalue weighted by Crippen LogP contribution is -2.69.